The van der Waals surface area contributed by atoms with Crippen LogP contribution in [0.25, 0.3) is 11.0 Å². The quantitative estimate of drug-likeness (QED) is 0.682. The summed E-state index contributed by atoms with van der Waals surface area (Å²) >= 11 is 0. The van der Waals surface area contributed by atoms with Gasteiger partial charge >= 0.3 is 0 Å². The Morgan fingerprint density at radius 1 is 1.04 bits per heavy atom. The molecule has 120 valence electrons. The first-order valence-electron chi connectivity index (χ1n) is 8.79. The molecular weight excluding hydrogens is 294 g/mol. The molecule has 0 aliphatic heterocycles. The van der Waals surface area contributed by atoms with Crippen LogP contribution < -0.4 is 0 Å². The molecule has 0 radical (unpaired) electrons. The number of nitrogens with zero attached hydrogens (tertiary/aromatic N) is 3. The highest BCUT2D eigenvalue weighted by molar-refractivity contribution is 5.76. The maximum absolute atomic E-state index is 9.15. The number of para-hydroxylation sites is 2. The summed E-state index contributed by atoms with van der Waals surface area (Å²) in [5.41, 5.74) is 4.15. The maximum atomic E-state index is 9.15. The fourth-order valence-corrected chi connectivity index (χ4v) is 3.85. The Balaban J connectivity index is 1.78. The topological polar surface area (TPSA) is 41.6 Å². The molecule has 4 rings (SSSR count). The van der Waals surface area contributed by atoms with Crippen LogP contribution in [0.3, 0.4) is 0 Å². The Labute approximate surface area is 142 Å². The van der Waals surface area contributed by atoms with Gasteiger partial charge in [0.25, 0.3) is 0 Å². The van der Waals surface area contributed by atoms with Gasteiger partial charge in [-0.25, -0.2) is 4.98 Å². The number of aromatic nitrogens is 2. The molecule has 1 saturated carbocycles. The van der Waals surface area contributed by atoms with Crippen LogP contribution in [-0.4, -0.2) is 9.55 Å². The molecule has 0 amide bonds. The number of fused-ring (bicyclic) bond motifs is 1. The Morgan fingerprint density at radius 2 is 1.88 bits per heavy atom. The van der Waals surface area contributed by atoms with Crippen molar-refractivity contribution >= 4 is 11.0 Å². The predicted molar refractivity (Wildman–Crippen MR) is 95.8 cm³/mol. The Bertz CT molecular complexity index is 895. The molecule has 0 unspecified atom stereocenters. The largest absolute Gasteiger partial charge is 0.323 e. The van der Waals surface area contributed by atoms with Crippen molar-refractivity contribution in [3.8, 4) is 6.07 Å². The number of imidazole rings is 1. The number of hydrogen-bond acceptors (Lipinski definition) is 2. The van der Waals surface area contributed by atoms with Crippen LogP contribution >= 0.6 is 0 Å². The average molecular weight is 315 g/mol. The SMILES string of the molecule is N#Cc1cccc(Cn2c(C3CCCCC3)nc3ccccc32)c1. The van der Waals surface area contributed by atoms with Gasteiger partial charge in [-0.1, -0.05) is 43.5 Å². The van der Waals surface area contributed by atoms with Crippen LogP contribution in [-0.2, 0) is 6.54 Å². The van der Waals surface area contributed by atoms with Gasteiger partial charge in [-0.2, -0.15) is 5.26 Å². The molecule has 2 aromatic carbocycles. The minimum Gasteiger partial charge on any atom is -0.323 e. The van der Waals surface area contributed by atoms with Crippen LogP contribution in [0.1, 0.15) is 55.0 Å². The fraction of sp³-hybridized carbons (Fsp3) is 0.333. The zero-order chi connectivity index (χ0) is 16.4. The van der Waals surface area contributed by atoms with E-state index in [0.29, 0.717) is 5.92 Å². The molecule has 24 heavy (non-hydrogen) atoms. The van der Waals surface area contributed by atoms with E-state index in [2.05, 4.69) is 41.0 Å². The van der Waals surface area contributed by atoms with E-state index >= 15 is 0 Å². The van der Waals surface area contributed by atoms with Crippen molar-refractivity contribution in [3.05, 3.63) is 65.5 Å². The highest BCUT2D eigenvalue weighted by Gasteiger charge is 2.22. The first kappa shape index (κ1) is 15.0. The van der Waals surface area contributed by atoms with Gasteiger partial charge < -0.3 is 4.57 Å². The van der Waals surface area contributed by atoms with Crippen LogP contribution in [0, 0.1) is 11.3 Å². The summed E-state index contributed by atoms with van der Waals surface area (Å²) in [5.74, 6) is 1.78. The Kier molecular flexibility index (Phi) is 4.04. The predicted octanol–water partition coefficient (Wildman–Crippen LogP) is 5.00. The molecule has 1 heterocycles. The molecule has 1 aromatic heterocycles. The summed E-state index contributed by atoms with van der Waals surface area (Å²) in [4.78, 5) is 4.97. The summed E-state index contributed by atoms with van der Waals surface area (Å²) in [7, 11) is 0. The van der Waals surface area contributed by atoms with Gasteiger partial charge in [0.15, 0.2) is 0 Å². The van der Waals surface area contributed by atoms with Crippen LogP contribution in [0.2, 0.25) is 0 Å². The summed E-state index contributed by atoms with van der Waals surface area (Å²) < 4.78 is 2.36. The molecule has 1 fully saturated rings. The van der Waals surface area contributed by atoms with Crippen LogP contribution in [0.5, 0.6) is 0 Å². The van der Waals surface area contributed by atoms with Gasteiger partial charge in [-0.05, 0) is 42.7 Å². The lowest BCUT2D eigenvalue weighted by atomic mass is 9.88. The van der Waals surface area contributed by atoms with E-state index in [1.807, 2.05) is 18.2 Å². The third-order valence-corrected chi connectivity index (χ3v) is 5.05. The van der Waals surface area contributed by atoms with Crippen LogP contribution in [0.15, 0.2) is 48.5 Å². The second-order valence-corrected chi connectivity index (χ2v) is 6.69. The summed E-state index contributed by atoms with van der Waals surface area (Å²) in [6, 6.07) is 18.5. The normalized spacial score (nSPS) is 15.5. The van der Waals surface area contributed by atoms with Gasteiger partial charge in [-0.15, -0.1) is 0 Å². The molecule has 3 heteroatoms. The molecule has 1 aliphatic carbocycles. The van der Waals surface area contributed by atoms with E-state index in [0.717, 1.165) is 23.2 Å². The highest BCUT2D eigenvalue weighted by Crippen LogP contribution is 2.34. The maximum Gasteiger partial charge on any atom is 0.113 e. The number of nitriles is 1. The van der Waals surface area contributed by atoms with E-state index in [4.69, 9.17) is 10.2 Å². The molecule has 0 spiro atoms. The number of hydrogen-bond donors (Lipinski definition) is 0. The first-order valence-corrected chi connectivity index (χ1v) is 8.79. The summed E-state index contributed by atoms with van der Waals surface area (Å²) in [6.45, 7) is 0.780. The number of benzene rings is 2. The standard InChI is InChI=1S/C21H21N3/c22-14-16-7-6-8-17(13-16)15-24-20-12-5-4-11-19(20)23-21(24)18-9-2-1-3-10-18/h4-8,11-13,18H,1-3,9-10,15H2. The van der Waals surface area contributed by atoms with Crippen molar-refractivity contribution in [2.45, 2.75) is 44.6 Å². The van der Waals surface area contributed by atoms with Crippen molar-refractivity contribution in [1.29, 1.82) is 5.26 Å². The Hall–Kier alpha value is -2.60. The van der Waals surface area contributed by atoms with Gasteiger partial charge in [0, 0.05) is 12.5 Å². The van der Waals surface area contributed by atoms with E-state index in [1.54, 1.807) is 0 Å². The third kappa shape index (κ3) is 2.80. The van der Waals surface area contributed by atoms with E-state index in [-0.39, 0.29) is 0 Å². The van der Waals surface area contributed by atoms with E-state index in [1.165, 1.54) is 43.4 Å². The van der Waals surface area contributed by atoms with E-state index in [9.17, 15) is 0 Å². The molecule has 1 aliphatic rings. The van der Waals surface area contributed by atoms with Gasteiger partial charge in [-0.3, -0.25) is 0 Å². The molecule has 3 nitrogen and oxygen atoms in total. The molecule has 0 atom stereocenters. The highest BCUT2D eigenvalue weighted by atomic mass is 15.1. The molecule has 3 aromatic rings. The monoisotopic (exact) mass is 315 g/mol. The number of rotatable bonds is 3. The van der Waals surface area contributed by atoms with Crippen molar-refractivity contribution in [2.24, 2.45) is 0 Å². The zero-order valence-electron chi connectivity index (χ0n) is 13.8. The molecule has 0 saturated heterocycles. The smallest absolute Gasteiger partial charge is 0.113 e. The first-order chi connectivity index (χ1) is 11.8. The fourth-order valence-electron chi connectivity index (χ4n) is 3.85. The van der Waals surface area contributed by atoms with Crippen molar-refractivity contribution < 1.29 is 0 Å². The van der Waals surface area contributed by atoms with Gasteiger partial charge in [0.2, 0.25) is 0 Å². The minimum atomic E-state index is 0.560. The molecule has 0 bridgehead atoms. The Morgan fingerprint density at radius 3 is 2.71 bits per heavy atom. The lowest BCUT2D eigenvalue weighted by molar-refractivity contribution is 0.420. The van der Waals surface area contributed by atoms with Gasteiger partial charge in [0.1, 0.15) is 5.82 Å². The third-order valence-electron chi connectivity index (χ3n) is 5.05. The minimum absolute atomic E-state index is 0.560. The summed E-state index contributed by atoms with van der Waals surface area (Å²) in [6.07, 6.45) is 6.43. The lowest BCUT2D eigenvalue weighted by Crippen LogP contribution is -2.13. The van der Waals surface area contributed by atoms with Crippen LogP contribution in [0.4, 0.5) is 0 Å². The van der Waals surface area contributed by atoms with Crippen molar-refractivity contribution in [2.75, 3.05) is 0 Å². The molecule has 0 N–H and O–H groups in total. The van der Waals surface area contributed by atoms with E-state index < -0.39 is 0 Å². The van der Waals surface area contributed by atoms with Crippen molar-refractivity contribution in [1.82, 2.24) is 9.55 Å². The molecular formula is C21H21N3. The second-order valence-electron chi connectivity index (χ2n) is 6.69. The lowest BCUT2D eigenvalue weighted by Gasteiger charge is -2.22. The zero-order valence-corrected chi connectivity index (χ0v) is 13.8. The van der Waals surface area contributed by atoms with Gasteiger partial charge in [0.05, 0.1) is 22.7 Å². The summed E-state index contributed by atoms with van der Waals surface area (Å²) in [5, 5.41) is 9.15. The second kappa shape index (κ2) is 6.49. The van der Waals surface area contributed by atoms with Crippen molar-refractivity contribution in [3.63, 3.8) is 0 Å². The average Bonchev–Trinajstić information content (AvgIpc) is 3.01.